The zero-order chi connectivity index (χ0) is 27.4. The molecule has 1 aliphatic heterocycles. The summed E-state index contributed by atoms with van der Waals surface area (Å²) in [6.07, 6.45) is 2.14. The minimum atomic E-state index is -0.613. The van der Waals surface area contributed by atoms with E-state index in [0.717, 1.165) is 29.5 Å². The van der Waals surface area contributed by atoms with Crippen molar-refractivity contribution in [2.45, 2.75) is 72.1 Å². The van der Waals surface area contributed by atoms with E-state index in [-0.39, 0.29) is 31.7 Å². The van der Waals surface area contributed by atoms with Crippen LogP contribution in [-0.2, 0) is 16.1 Å². The Kier molecular flexibility index (Phi) is 8.46. The van der Waals surface area contributed by atoms with Gasteiger partial charge in [-0.2, -0.15) is 0 Å². The second-order valence-corrected chi connectivity index (χ2v) is 11.2. The lowest BCUT2D eigenvalue weighted by Crippen LogP contribution is -2.44. The topological polar surface area (TPSA) is 79.3 Å². The molecule has 0 unspecified atom stereocenters. The number of nitrogens with zero attached hydrogens (tertiary/aromatic N) is 2. The first-order valence-corrected chi connectivity index (χ1v) is 13.5. The first kappa shape index (κ1) is 27.7. The minimum absolute atomic E-state index is 0.0164. The van der Waals surface area contributed by atoms with Crippen LogP contribution in [0.1, 0.15) is 62.3 Å². The van der Waals surface area contributed by atoms with Crippen LogP contribution < -0.4 is 4.74 Å². The van der Waals surface area contributed by atoms with Gasteiger partial charge in [-0.15, -0.1) is 0 Å². The van der Waals surface area contributed by atoms with Crippen LogP contribution in [0.2, 0.25) is 0 Å². The van der Waals surface area contributed by atoms with E-state index < -0.39 is 11.7 Å². The second-order valence-electron chi connectivity index (χ2n) is 11.2. The Balaban J connectivity index is 1.68. The quantitative estimate of drug-likeness (QED) is 0.514. The molecule has 0 radical (unpaired) electrons. The van der Waals surface area contributed by atoms with Gasteiger partial charge in [0.2, 0.25) is 0 Å². The van der Waals surface area contributed by atoms with Gasteiger partial charge in [0.05, 0.1) is 13.2 Å². The van der Waals surface area contributed by atoms with Crippen molar-refractivity contribution in [2.75, 3.05) is 26.3 Å². The molecule has 1 heterocycles. The molecule has 7 nitrogen and oxygen atoms in total. The van der Waals surface area contributed by atoms with E-state index in [2.05, 4.69) is 26.0 Å². The number of carbonyl (C=O) groups is 2. The van der Waals surface area contributed by atoms with Crippen molar-refractivity contribution in [1.29, 1.82) is 0 Å². The number of benzene rings is 2. The molecule has 4 rings (SSSR count). The van der Waals surface area contributed by atoms with Crippen molar-refractivity contribution >= 4 is 17.6 Å². The van der Waals surface area contributed by atoms with Crippen LogP contribution in [0.5, 0.6) is 5.75 Å². The lowest BCUT2D eigenvalue weighted by atomic mass is 9.92. The molecule has 7 heteroatoms. The number of amides is 2. The second kappa shape index (κ2) is 11.6. The summed E-state index contributed by atoms with van der Waals surface area (Å²) in [5.74, 6) is 0.647. The Labute approximate surface area is 226 Å². The van der Waals surface area contributed by atoms with Gasteiger partial charge in [0.25, 0.3) is 5.91 Å². The van der Waals surface area contributed by atoms with Gasteiger partial charge >= 0.3 is 6.09 Å². The molecule has 1 fully saturated rings. The number of aliphatic hydroxyl groups is 1. The first-order valence-electron chi connectivity index (χ1n) is 13.5. The fourth-order valence-electron chi connectivity index (χ4n) is 4.77. The van der Waals surface area contributed by atoms with Gasteiger partial charge in [0.15, 0.2) is 0 Å². The number of carbonyl (C=O) groups excluding carboxylic acids is 2. The van der Waals surface area contributed by atoms with Gasteiger partial charge in [-0.05, 0) is 93.8 Å². The van der Waals surface area contributed by atoms with E-state index >= 15 is 0 Å². The molecule has 1 aliphatic carbocycles. The molecular weight excluding hydrogens is 480 g/mol. The van der Waals surface area contributed by atoms with Gasteiger partial charge in [-0.1, -0.05) is 30.3 Å². The Morgan fingerprint density at radius 1 is 1.08 bits per heavy atom. The first-order chi connectivity index (χ1) is 18.1. The molecule has 1 N–H and O–H groups in total. The molecule has 2 aromatic carbocycles. The van der Waals surface area contributed by atoms with Gasteiger partial charge in [-0.25, -0.2) is 4.79 Å². The molecular formula is C31H40N2O5. The molecule has 2 aromatic rings. The molecule has 0 bridgehead atoms. The molecule has 1 saturated carbocycles. The number of hydrogen-bond acceptors (Lipinski definition) is 5. The van der Waals surface area contributed by atoms with Crippen molar-refractivity contribution in [3.63, 3.8) is 0 Å². The molecule has 0 spiro atoms. The molecule has 38 heavy (non-hydrogen) atoms. The molecule has 0 atom stereocenters. The predicted octanol–water partition coefficient (Wildman–Crippen LogP) is 5.26. The number of ether oxygens (including phenoxy) is 2. The van der Waals surface area contributed by atoms with E-state index in [1.54, 1.807) is 4.90 Å². The largest absolute Gasteiger partial charge is 0.491 e. The average molecular weight is 521 g/mol. The highest BCUT2D eigenvalue weighted by Crippen LogP contribution is 2.35. The van der Waals surface area contributed by atoms with Crippen molar-refractivity contribution in [1.82, 2.24) is 9.80 Å². The summed E-state index contributed by atoms with van der Waals surface area (Å²) >= 11 is 0. The van der Waals surface area contributed by atoms with Crippen molar-refractivity contribution in [2.24, 2.45) is 0 Å². The maximum Gasteiger partial charge on any atom is 0.410 e. The van der Waals surface area contributed by atoms with Crippen LogP contribution in [0.15, 0.2) is 48.0 Å². The highest BCUT2D eigenvalue weighted by atomic mass is 16.6. The monoisotopic (exact) mass is 520 g/mol. The fraction of sp³-hybridized carbons (Fsp3) is 0.484. The number of aliphatic hydroxyl groups excluding tert-OH is 1. The summed E-state index contributed by atoms with van der Waals surface area (Å²) in [6, 6.07) is 14.1. The maximum atomic E-state index is 14.3. The Bertz CT molecular complexity index is 1190. The summed E-state index contributed by atoms with van der Waals surface area (Å²) < 4.78 is 11.2. The Morgan fingerprint density at radius 2 is 1.79 bits per heavy atom. The summed E-state index contributed by atoms with van der Waals surface area (Å²) in [6.45, 7) is 11.2. The van der Waals surface area contributed by atoms with Crippen molar-refractivity contribution in [3.8, 4) is 5.75 Å². The molecule has 2 amide bonds. The summed E-state index contributed by atoms with van der Waals surface area (Å²) in [4.78, 5) is 30.9. The van der Waals surface area contributed by atoms with Crippen LogP contribution in [0.25, 0.3) is 5.57 Å². The summed E-state index contributed by atoms with van der Waals surface area (Å²) in [5.41, 5.74) is 5.49. The molecule has 0 aromatic heterocycles. The lowest BCUT2D eigenvalue weighted by Gasteiger charge is -2.34. The zero-order valence-corrected chi connectivity index (χ0v) is 23.3. The van der Waals surface area contributed by atoms with Crippen molar-refractivity contribution < 1.29 is 24.2 Å². The summed E-state index contributed by atoms with van der Waals surface area (Å²) in [5, 5.41) is 9.04. The van der Waals surface area contributed by atoms with Crippen LogP contribution in [0.3, 0.4) is 0 Å². The third-order valence-electron chi connectivity index (χ3n) is 7.12. The normalized spacial score (nSPS) is 15.9. The minimum Gasteiger partial charge on any atom is -0.491 e. The number of hydrogen-bond donors (Lipinski definition) is 1. The summed E-state index contributed by atoms with van der Waals surface area (Å²) in [7, 11) is 0. The highest BCUT2D eigenvalue weighted by Gasteiger charge is 2.38. The van der Waals surface area contributed by atoms with E-state index in [0.29, 0.717) is 30.8 Å². The average Bonchev–Trinajstić information content (AvgIpc) is 3.72. The fourth-order valence-corrected chi connectivity index (χ4v) is 4.77. The van der Waals surface area contributed by atoms with Crippen molar-refractivity contribution in [3.05, 3.63) is 70.3 Å². The zero-order valence-electron chi connectivity index (χ0n) is 23.3. The van der Waals surface area contributed by atoms with Gasteiger partial charge in [-0.3, -0.25) is 4.79 Å². The molecule has 204 valence electrons. The Morgan fingerprint density at radius 3 is 2.42 bits per heavy atom. The Hall–Kier alpha value is -3.32. The van der Waals surface area contributed by atoms with E-state index in [4.69, 9.17) is 14.6 Å². The van der Waals surface area contributed by atoms with Crippen LogP contribution in [0.4, 0.5) is 4.79 Å². The number of aryl methyl sites for hydroxylation is 1. The third-order valence-corrected chi connectivity index (χ3v) is 7.12. The van der Waals surface area contributed by atoms with Crippen LogP contribution in [0, 0.1) is 13.8 Å². The van der Waals surface area contributed by atoms with E-state index in [9.17, 15) is 9.59 Å². The van der Waals surface area contributed by atoms with Crippen LogP contribution >= 0.6 is 0 Å². The van der Waals surface area contributed by atoms with Crippen LogP contribution in [-0.4, -0.2) is 64.9 Å². The lowest BCUT2D eigenvalue weighted by molar-refractivity contribution is -0.128. The molecule has 0 saturated heterocycles. The third kappa shape index (κ3) is 6.76. The molecule has 2 aliphatic rings. The van der Waals surface area contributed by atoms with E-state index in [1.807, 2.05) is 56.0 Å². The van der Waals surface area contributed by atoms with Gasteiger partial charge < -0.3 is 24.4 Å². The van der Waals surface area contributed by atoms with Gasteiger partial charge in [0, 0.05) is 24.7 Å². The predicted molar refractivity (Wildman–Crippen MR) is 148 cm³/mol. The standard InChI is InChI=1S/C31H40N2O5/c1-21-7-6-8-24(22(21)2)19-33(25-11-12-25)29(35)28-20-32(30(36)38-31(3,4)5)16-15-27(28)23-9-13-26(14-10-23)37-18-17-34/h6-10,13-14,25,34H,11-12,15-20H2,1-5H3. The van der Waals surface area contributed by atoms with E-state index in [1.165, 1.54) is 11.1 Å². The van der Waals surface area contributed by atoms with Gasteiger partial charge in [0.1, 0.15) is 18.0 Å². The maximum absolute atomic E-state index is 14.3. The number of rotatable bonds is 8. The smallest absolute Gasteiger partial charge is 0.410 e. The SMILES string of the molecule is Cc1cccc(CN(C(=O)C2=C(c3ccc(OCCO)cc3)CCN(C(=O)OC(C)(C)C)C2)C2CC2)c1C. The highest BCUT2D eigenvalue weighted by molar-refractivity contribution is 6.03.